The van der Waals surface area contributed by atoms with Crippen molar-refractivity contribution in [3.05, 3.63) is 28.6 Å². The predicted octanol–water partition coefficient (Wildman–Crippen LogP) is 3.04. The SMILES string of the molecule is Cc1cc(C(F)(F)F)nc(C(F)F)c1C(=O)O. The van der Waals surface area contributed by atoms with Gasteiger partial charge in [0.05, 0.1) is 5.56 Å². The molecule has 0 amide bonds. The molecule has 1 aromatic heterocycles. The van der Waals surface area contributed by atoms with Gasteiger partial charge in [0.1, 0.15) is 11.4 Å². The van der Waals surface area contributed by atoms with Crippen molar-refractivity contribution in [2.45, 2.75) is 19.5 Å². The van der Waals surface area contributed by atoms with Gasteiger partial charge >= 0.3 is 12.1 Å². The quantitative estimate of drug-likeness (QED) is 0.826. The van der Waals surface area contributed by atoms with Crippen LogP contribution in [-0.2, 0) is 6.18 Å². The van der Waals surface area contributed by atoms with Gasteiger partial charge in [-0.2, -0.15) is 13.2 Å². The first-order chi connectivity index (χ1) is 7.64. The van der Waals surface area contributed by atoms with Crippen molar-refractivity contribution in [2.75, 3.05) is 0 Å². The lowest BCUT2D eigenvalue weighted by atomic mass is 10.1. The van der Waals surface area contributed by atoms with Gasteiger partial charge in [-0.05, 0) is 18.6 Å². The minimum atomic E-state index is -4.90. The van der Waals surface area contributed by atoms with Crippen LogP contribution in [0.4, 0.5) is 22.0 Å². The van der Waals surface area contributed by atoms with Crippen molar-refractivity contribution in [1.82, 2.24) is 4.98 Å². The fourth-order valence-electron chi connectivity index (χ4n) is 1.28. The number of aromatic nitrogens is 1. The van der Waals surface area contributed by atoms with Gasteiger partial charge in [-0.1, -0.05) is 0 Å². The third kappa shape index (κ3) is 2.69. The normalized spacial score (nSPS) is 11.9. The summed E-state index contributed by atoms with van der Waals surface area (Å²) in [6.07, 6.45) is -8.28. The minimum Gasteiger partial charge on any atom is -0.478 e. The molecule has 1 rings (SSSR count). The number of carboxylic acid groups (broad SMARTS) is 1. The van der Waals surface area contributed by atoms with Crippen molar-refractivity contribution < 1.29 is 31.9 Å². The number of aryl methyl sites for hydroxylation is 1. The van der Waals surface area contributed by atoms with Gasteiger partial charge in [0.25, 0.3) is 6.43 Å². The van der Waals surface area contributed by atoms with E-state index in [0.29, 0.717) is 6.07 Å². The highest BCUT2D eigenvalue weighted by Gasteiger charge is 2.35. The van der Waals surface area contributed by atoms with Crippen LogP contribution in [0, 0.1) is 6.92 Å². The van der Waals surface area contributed by atoms with E-state index in [1.165, 1.54) is 0 Å². The van der Waals surface area contributed by atoms with Crippen molar-refractivity contribution in [3.8, 4) is 0 Å². The largest absolute Gasteiger partial charge is 0.478 e. The molecule has 0 atom stereocenters. The summed E-state index contributed by atoms with van der Waals surface area (Å²) in [7, 11) is 0. The Kier molecular flexibility index (Phi) is 3.35. The Hall–Kier alpha value is -1.73. The van der Waals surface area contributed by atoms with Crippen molar-refractivity contribution in [2.24, 2.45) is 0 Å². The van der Waals surface area contributed by atoms with E-state index in [1.54, 1.807) is 0 Å². The standard InChI is InChI=1S/C9H6F5NO2/c1-3-2-4(9(12,13)14)15-6(7(10)11)5(3)8(16)17/h2,7H,1H3,(H,16,17). The molecule has 3 nitrogen and oxygen atoms in total. The third-order valence-electron chi connectivity index (χ3n) is 1.96. The number of hydrogen-bond donors (Lipinski definition) is 1. The van der Waals surface area contributed by atoms with Crippen LogP contribution in [0.15, 0.2) is 6.07 Å². The number of aromatic carboxylic acids is 1. The molecular formula is C9H6F5NO2. The van der Waals surface area contributed by atoms with Gasteiger partial charge < -0.3 is 5.11 Å². The van der Waals surface area contributed by atoms with Crippen LogP contribution >= 0.6 is 0 Å². The number of carbonyl (C=O) groups is 1. The molecule has 0 saturated heterocycles. The molecule has 94 valence electrons. The molecule has 0 aromatic carbocycles. The molecule has 0 aliphatic carbocycles. The molecule has 0 aliphatic rings. The fourth-order valence-corrected chi connectivity index (χ4v) is 1.28. The summed E-state index contributed by atoms with van der Waals surface area (Å²) in [4.78, 5) is 13.3. The average molecular weight is 255 g/mol. The molecule has 1 heterocycles. The summed E-state index contributed by atoms with van der Waals surface area (Å²) in [6, 6.07) is 0.426. The Labute approximate surface area is 91.9 Å². The first-order valence-electron chi connectivity index (χ1n) is 4.24. The molecule has 0 radical (unpaired) electrons. The molecular weight excluding hydrogens is 249 g/mol. The zero-order valence-corrected chi connectivity index (χ0v) is 8.35. The molecule has 0 fully saturated rings. The lowest BCUT2D eigenvalue weighted by Gasteiger charge is -2.12. The van der Waals surface area contributed by atoms with Crippen LogP contribution in [0.2, 0.25) is 0 Å². The molecule has 0 bridgehead atoms. The molecule has 17 heavy (non-hydrogen) atoms. The maximum Gasteiger partial charge on any atom is 0.433 e. The Morgan fingerprint density at radius 3 is 2.29 bits per heavy atom. The molecule has 0 unspecified atom stereocenters. The highest BCUT2D eigenvalue weighted by atomic mass is 19.4. The Bertz CT molecular complexity index is 455. The second kappa shape index (κ2) is 4.27. The lowest BCUT2D eigenvalue weighted by Crippen LogP contribution is -2.15. The first kappa shape index (κ1) is 13.3. The zero-order chi connectivity index (χ0) is 13.4. The van der Waals surface area contributed by atoms with Crippen molar-refractivity contribution >= 4 is 5.97 Å². The highest BCUT2D eigenvalue weighted by molar-refractivity contribution is 5.90. The van der Waals surface area contributed by atoms with E-state index < -0.39 is 41.1 Å². The summed E-state index contributed by atoms with van der Waals surface area (Å²) in [5.74, 6) is -1.74. The minimum absolute atomic E-state index is 0.407. The van der Waals surface area contributed by atoms with Gasteiger partial charge in [-0.3, -0.25) is 0 Å². The molecule has 0 spiro atoms. The predicted molar refractivity (Wildman–Crippen MR) is 45.9 cm³/mol. The van der Waals surface area contributed by atoms with Crippen LogP contribution in [0.25, 0.3) is 0 Å². The summed E-state index contributed by atoms with van der Waals surface area (Å²) < 4.78 is 61.8. The number of nitrogens with zero attached hydrogens (tertiary/aromatic N) is 1. The number of carboxylic acids is 1. The van der Waals surface area contributed by atoms with E-state index in [-0.39, 0.29) is 0 Å². The van der Waals surface area contributed by atoms with E-state index in [0.717, 1.165) is 6.92 Å². The van der Waals surface area contributed by atoms with Crippen LogP contribution in [0.3, 0.4) is 0 Å². The fraction of sp³-hybridized carbons (Fsp3) is 0.333. The van der Waals surface area contributed by atoms with Crippen LogP contribution < -0.4 is 0 Å². The first-order valence-corrected chi connectivity index (χ1v) is 4.24. The van der Waals surface area contributed by atoms with Crippen LogP contribution in [-0.4, -0.2) is 16.1 Å². The van der Waals surface area contributed by atoms with Gasteiger partial charge in [-0.25, -0.2) is 18.6 Å². The summed E-state index contributed by atoms with van der Waals surface area (Å²) >= 11 is 0. The van der Waals surface area contributed by atoms with E-state index >= 15 is 0 Å². The van der Waals surface area contributed by atoms with E-state index in [2.05, 4.69) is 4.98 Å². The Morgan fingerprint density at radius 2 is 1.94 bits per heavy atom. The van der Waals surface area contributed by atoms with Gasteiger partial charge in [0, 0.05) is 0 Å². The molecule has 1 aromatic rings. The molecule has 1 N–H and O–H groups in total. The van der Waals surface area contributed by atoms with Crippen LogP contribution in [0.5, 0.6) is 0 Å². The van der Waals surface area contributed by atoms with Crippen molar-refractivity contribution in [1.29, 1.82) is 0 Å². The number of pyridine rings is 1. The maximum atomic E-state index is 12.4. The number of hydrogen-bond acceptors (Lipinski definition) is 2. The summed E-state index contributed by atoms with van der Waals surface area (Å²) in [6.45, 7) is 1.01. The number of alkyl halides is 5. The van der Waals surface area contributed by atoms with Gasteiger partial charge in [0.2, 0.25) is 0 Å². The van der Waals surface area contributed by atoms with Crippen molar-refractivity contribution in [3.63, 3.8) is 0 Å². The van der Waals surface area contributed by atoms with Gasteiger partial charge in [-0.15, -0.1) is 0 Å². The summed E-state index contributed by atoms with van der Waals surface area (Å²) in [5, 5.41) is 8.63. The Morgan fingerprint density at radius 1 is 1.41 bits per heavy atom. The monoisotopic (exact) mass is 255 g/mol. The zero-order valence-electron chi connectivity index (χ0n) is 8.35. The number of halogens is 5. The number of rotatable bonds is 2. The second-order valence-electron chi connectivity index (χ2n) is 3.19. The average Bonchev–Trinajstić information content (AvgIpc) is 2.13. The van der Waals surface area contributed by atoms with E-state index in [9.17, 15) is 26.7 Å². The lowest BCUT2D eigenvalue weighted by molar-refractivity contribution is -0.141. The Balaban J connectivity index is 3.52. The molecule has 8 heteroatoms. The van der Waals surface area contributed by atoms with Gasteiger partial charge in [0.15, 0.2) is 0 Å². The van der Waals surface area contributed by atoms with E-state index in [4.69, 9.17) is 5.11 Å². The summed E-state index contributed by atoms with van der Waals surface area (Å²) in [5.41, 5.74) is -4.21. The molecule has 0 saturated carbocycles. The second-order valence-corrected chi connectivity index (χ2v) is 3.19. The third-order valence-corrected chi connectivity index (χ3v) is 1.96. The molecule has 0 aliphatic heterocycles. The maximum absolute atomic E-state index is 12.4. The smallest absolute Gasteiger partial charge is 0.433 e. The topological polar surface area (TPSA) is 50.2 Å². The van der Waals surface area contributed by atoms with E-state index in [1.807, 2.05) is 0 Å². The van der Waals surface area contributed by atoms with Crippen LogP contribution in [0.1, 0.15) is 33.7 Å². The highest BCUT2D eigenvalue weighted by Crippen LogP contribution is 2.32.